The van der Waals surface area contributed by atoms with Gasteiger partial charge in [-0.1, -0.05) is 29.8 Å². The van der Waals surface area contributed by atoms with Gasteiger partial charge in [0.05, 0.1) is 19.1 Å². The molecule has 0 unspecified atom stereocenters. The highest BCUT2D eigenvalue weighted by Crippen LogP contribution is 2.27. The molecular formula is C24H32ClN3O5S. The van der Waals surface area contributed by atoms with Crippen LogP contribution in [0.5, 0.6) is 5.75 Å². The maximum Gasteiger partial charge on any atom is 0.242 e. The van der Waals surface area contributed by atoms with Crippen LogP contribution in [0.1, 0.15) is 30.9 Å². The van der Waals surface area contributed by atoms with Gasteiger partial charge in [0, 0.05) is 31.6 Å². The Labute approximate surface area is 206 Å². The number of aryl methyl sites for hydroxylation is 1. The highest BCUT2D eigenvalue weighted by atomic mass is 35.5. The standard InChI is InChI=1S/C24H32ClN3O5S/c1-17-8-11-20(25)15-22(17)28(34(5,31)32)14-6-7-23(29)27(18(2)24(30)26-3)16-19-9-12-21(33-4)13-10-19/h8-13,15,18H,6-7,14,16H2,1-5H3,(H,26,30)/t18-/m0/s1. The summed E-state index contributed by atoms with van der Waals surface area (Å²) in [4.78, 5) is 26.9. The minimum atomic E-state index is -3.59. The lowest BCUT2D eigenvalue weighted by Gasteiger charge is -2.29. The van der Waals surface area contributed by atoms with Crippen LogP contribution in [-0.2, 0) is 26.2 Å². The Hall–Kier alpha value is -2.78. The largest absolute Gasteiger partial charge is 0.497 e. The Morgan fingerprint density at radius 3 is 2.35 bits per heavy atom. The molecule has 2 aromatic carbocycles. The number of hydrogen-bond donors (Lipinski definition) is 1. The van der Waals surface area contributed by atoms with Crippen LogP contribution < -0.4 is 14.4 Å². The Bertz CT molecular complexity index is 1110. The number of ether oxygens (including phenoxy) is 1. The van der Waals surface area contributed by atoms with Gasteiger partial charge in [-0.25, -0.2) is 8.42 Å². The molecule has 0 saturated heterocycles. The summed E-state index contributed by atoms with van der Waals surface area (Å²) >= 11 is 6.08. The van der Waals surface area contributed by atoms with Crippen molar-refractivity contribution in [3.05, 3.63) is 58.6 Å². The summed E-state index contributed by atoms with van der Waals surface area (Å²) in [5.41, 5.74) is 2.09. The number of rotatable bonds is 11. The first-order valence-corrected chi connectivity index (χ1v) is 13.1. The molecule has 0 aromatic heterocycles. The number of hydrogen-bond acceptors (Lipinski definition) is 5. The van der Waals surface area contributed by atoms with E-state index in [1.807, 2.05) is 12.1 Å². The molecule has 8 nitrogen and oxygen atoms in total. The van der Waals surface area contributed by atoms with E-state index in [1.54, 1.807) is 51.3 Å². The van der Waals surface area contributed by atoms with Gasteiger partial charge in [0.2, 0.25) is 21.8 Å². The molecule has 1 atom stereocenters. The molecule has 2 amide bonds. The minimum Gasteiger partial charge on any atom is -0.497 e. The van der Waals surface area contributed by atoms with Crippen molar-refractivity contribution in [2.24, 2.45) is 0 Å². The van der Waals surface area contributed by atoms with E-state index < -0.39 is 16.1 Å². The summed E-state index contributed by atoms with van der Waals surface area (Å²) in [6, 6.07) is 11.6. The third-order valence-electron chi connectivity index (χ3n) is 5.52. The summed E-state index contributed by atoms with van der Waals surface area (Å²) in [6.45, 7) is 3.81. The van der Waals surface area contributed by atoms with Gasteiger partial charge in [0.15, 0.2) is 0 Å². The van der Waals surface area contributed by atoms with Crippen LogP contribution in [0, 0.1) is 6.92 Å². The molecule has 2 aromatic rings. The molecule has 10 heteroatoms. The summed E-state index contributed by atoms with van der Waals surface area (Å²) in [7, 11) is -0.498. The summed E-state index contributed by atoms with van der Waals surface area (Å²) < 4.78 is 31.4. The van der Waals surface area contributed by atoms with Crippen molar-refractivity contribution in [2.75, 3.05) is 31.3 Å². The van der Waals surface area contributed by atoms with E-state index in [-0.39, 0.29) is 37.7 Å². The number of carbonyl (C=O) groups is 2. The van der Waals surface area contributed by atoms with E-state index in [0.29, 0.717) is 16.5 Å². The highest BCUT2D eigenvalue weighted by Gasteiger charge is 2.26. The second kappa shape index (κ2) is 12.1. The Kier molecular flexibility index (Phi) is 9.76. The molecule has 0 spiro atoms. The Morgan fingerprint density at radius 1 is 1.15 bits per heavy atom. The zero-order chi connectivity index (χ0) is 25.5. The second-order valence-electron chi connectivity index (χ2n) is 8.03. The zero-order valence-corrected chi connectivity index (χ0v) is 21.7. The summed E-state index contributed by atoms with van der Waals surface area (Å²) in [6.07, 6.45) is 1.47. The van der Waals surface area contributed by atoms with Gasteiger partial charge in [-0.3, -0.25) is 13.9 Å². The van der Waals surface area contributed by atoms with E-state index >= 15 is 0 Å². The van der Waals surface area contributed by atoms with Crippen LogP contribution in [0.4, 0.5) is 5.69 Å². The summed E-state index contributed by atoms with van der Waals surface area (Å²) in [5.74, 6) is 0.163. The average Bonchev–Trinajstić information content (AvgIpc) is 2.80. The van der Waals surface area contributed by atoms with E-state index in [0.717, 1.165) is 17.4 Å². The topological polar surface area (TPSA) is 96.0 Å². The van der Waals surface area contributed by atoms with Gasteiger partial charge in [0.1, 0.15) is 11.8 Å². The molecule has 0 saturated carbocycles. The van der Waals surface area contributed by atoms with Crippen molar-refractivity contribution in [1.29, 1.82) is 0 Å². The van der Waals surface area contributed by atoms with Crippen LogP contribution in [0.2, 0.25) is 5.02 Å². The number of nitrogens with one attached hydrogen (secondary N) is 1. The molecule has 0 radical (unpaired) electrons. The predicted molar refractivity (Wildman–Crippen MR) is 135 cm³/mol. The van der Waals surface area contributed by atoms with Crippen molar-refractivity contribution in [1.82, 2.24) is 10.2 Å². The van der Waals surface area contributed by atoms with Gasteiger partial charge in [-0.15, -0.1) is 0 Å². The van der Waals surface area contributed by atoms with Crippen molar-refractivity contribution in [3.63, 3.8) is 0 Å². The van der Waals surface area contributed by atoms with E-state index in [1.165, 1.54) is 16.3 Å². The zero-order valence-electron chi connectivity index (χ0n) is 20.2. The molecule has 0 aliphatic heterocycles. The number of nitrogens with zero attached hydrogens (tertiary/aromatic N) is 2. The molecule has 0 heterocycles. The molecule has 0 bridgehead atoms. The fourth-order valence-corrected chi connectivity index (χ4v) is 4.73. The lowest BCUT2D eigenvalue weighted by Crippen LogP contribution is -2.46. The van der Waals surface area contributed by atoms with Crippen molar-refractivity contribution in [2.45, 2.75) is 39.3 Å². The van der Waals surface area contributed by atoms with Crippen LogP contribution in [0.25, 0.3) is 0 Å². The van der Waals surface area contributed by atoms with Crippen LogP contribution in [0.15, 0.2) is 42.5 Å². The van der Waals surface area contributed by atoms with Crippen molar-refractivity contribution in [3.8, 4) is 5.75 Å². The number of likely N-dealkylation sites (N-methyl/N-ethyl adjacent to an activating group) is 1. The van der Waals surface area contributed by atoms with E-state index in [4.69, 9.17) is 16.3 Å². The molecule has 2 rings (SSSR count). The number of carbonyl (C=O) groups excluding carboxylic acids is 2. The van der Waals surface area contributed by atoms with Crippen molar-refractivity contribution >= 4 is 39.1 Å². The van der Waals surface area contributed by atoms with Crippen LogP contribution in [-0.4, -0.2) is 58.1 Å². The minimum absolute atomic E-state index is 0.0725. The molecule has 34 heavy (non-hydrogen) atoms. The maximum atomic E-state index is 13.2. The predicted octanol–water partition coefficient (Wildman–Crippen LogP) is 3.37. The first kappa shape index (κ1) is 27.5. The lowest BCUT2D eigenvalue weighted by atomic mass is 10.1. The summed E-state index contributed by atoms with van der Waals surface area (Å²) in [5, 5.41) is 3.00. The molecule has 1 N–H and O–H groups in total. The maximum absolute atomic E-state index is 13.2. The first-order valence-electron chi connectivity index (χ1n) is 10.9. The van der Waals surface area contributed by atoms with Crippen LogP contribution >= 0.6 is 11.6 Å². The van der Waals surface area contributed by atoms with Gasteiger partial charge in [-0.2, -0.15) is 0 Å². The SMILES string of the molecule is CNC(=O)[C@H](C)N(Cc1ccc(OC)cc1)C(=O)CCCN(c1cc(Cl)ccc1C)S(C)(=O)=O. The van der Waals surface area contributed by atoms with Gasteiger partial charge >= 0.3 is 0 Å². The quantitative estimate of drug-likeness (QED) is 0.501. The van der Waals surface area contributed by atoms with Gasteiger partial charge in [0.25, 0.3) is 0 Å². The lowest BCUT2D eigenvalue weighted by molar-refractivity contribution is -0.140. The number of halogens is 1. The van der Waals surface area contributed by atoms with E-state index in [2.05, 4.69) is 5.32 Å². The molecule has 0 aliphatic rings. The number of benzene rings is 2. The fourth-order valence-electron chi connectivity index (χ4n) is 3.55. The Morgan fingerprint density at radius 2 is 1.79 bits per heavy atom. The third kappa shape index (κ3) is 7.36. The second-order valence-corrected chi connectivity index (χ2v) is 10.4. The van der Waals surface area contributed by atoms with Gasteiger partial charge in [-0.05, 0) is 55.7 Å². The average molecular weight is 510 g/mol. The molecule has 0 aliphatic carbocycles. The number of sulfonamides is 1. The highest BCUT2D eigenvalue weighted by molar-refractivity contribution is 7.92. The number of amides is 2. The van der Waals surface area contributed by atoms with Gasteiger partial charge < -0.3 is 15.0 Å². The van der Waals surface area contributed by atoms with Crippen molar-refractivity contribution < 1.29 is 22.7 Å². The van der Waals surface area contributed by atoms with E-state index in [9.17, 15) is 18.0 Å². The number of anilines is 1. The molecule has 0 fully saturated rings. The number of methoxy groups -OCH3 is 1. The molecule has 186 valence electrons. The molecular weight excluding hydrogens is 478 g/mol. The smallest absolute Gasteiger partial charge is 0.242 e. The monoisotopic (exact) mass is 509 g/mol. The van der Waals surface area contributed by atoms with Crippen LogP contribution in [0.3, 0.4) is 0 Å². The first-order chi connectivity index (χ1) is 16.0. The Balaban J connectivity index is 2.17. The normalized spacial score (nSPS) is 12.1. The fraction of sp³-hybridized carbons (Fsp3) is 0.417. The third-order valence-corrected chi connectivity index (χ3v) is 6.93.